The minimum Gasteiger partial charge on any atom is -0.327 e. The van der Waals surface area contributed by atoms with Gasteiger partial charge >= 0.3 is 0 Å². The van der Waals surface area contributed by atoms with Crippen molar-refractivity contribution in [2.45, 2.75) is 129 Å². The van der Waals surface area contributed by atoms with Gasteiger partial charge in [-0.2, -0.15) is 0 Å². The van der Waals surface area contributed by atoms with Crippen molar-refractivity contribution in [3.63, 3.8) is 0 Å². The lowest BCUT2D eigenvalue weighted by Crippen LogP contribution is -2.58. The summed E-state index contributed by atoms with van der Waals surface area (Å²) in [7, 11) is 0. The van der Waals surface area contributed by atoms with Gasteiger partial charge in [-0.05, 0) is 130 Å². The van der Waals surface area contributed by atoms with Gasteiger partial charge < -0.3 is 22.9 Å². The van der Waals surface area contributed by atoms with E-state index in [0.717, 1.165) is 23.7 Å². The maximum Gasteiger partial charge on any atom is 0.00647 e. The van der Waals surface area contributed by atoms with E-state index in [9.17, 15) is 0 Å². The van der Waals surface area contributed by atoms with Crippen LogP contribution in [0.3, 0.4) is 0 Å². The first kappa shape index (κ1) is 25.9. The molecule has 4 saturated carbocycles. The van der Waals surface area contributed by atoms with E-state index in [1.54, 1.807) is 0 Å². The van der Waals surface area contributed by atoms with Crippen LogP contribution < -0.4 is 22.9 Å². The third-order valence-corrected chi connectivity index (χ3v) is 11.8. The molecule has 0 amide bonds. The van der Waals surface area contributed by atoms with E-state index in [1.165, 1.54) is 77.0 Å². The maximum atomic E-state index is 6.59. The molecule has 0 aromatic carbocycles. The fourth-order valence-corrected chi connectivity index (χ4v) is 9.49. The van der Waals surface area contributed by atoms with Gasteiger partial charge in [-0.15, -0.1) is 0 Å². The van der Waals surface area contributed by atoms with Crippen LogP contribution in [0.25, 0.3) is 0 Å². The minimum absolute atomic E-state index is 0.384. The van der Waals surface area contributed by atoms with Crippen LogP contribution in [0.4, 0.5) is 0 Å². The lowest BCUT2D eigenvalue weighted by atomic mass is 9.43. The van der Waals surface area contributed by atoms with Crippen LogP contribution in [0.5, 0.6) is 0 Å². The van der Waals surface area contributed by atoms with E-state index in [4.69, 9.17) is 22.9 Å². The molecule has 33 heavy (non-hydrogen) atoms. The first-order chi connectivity index (χ1) is 15.6. The van der Waals surface area contributed by atoms with Crippen molar-refractivity contribution in [2.24, 2.45) is 75.7 Å². The molecular weight excluding hydrogens is 404 g/mol. The minimum atomic E-state index is 0.384. The smallest absolute Gasteiger partial charge is 0.00647 e. The standard InChI is InChI=1S/C29H56N4/c1-17-13-21(5-9-25(17)30)29(22-6-10-26(31)18(2)14-22,23-7-11-27(32)19(3)15-23)24-8-12-28(33)20(4)16-24/h17-28H,5-16,30-33H2,1-4H3. The molecule has 8 N–H and O–H groups in total. The molecule has 4 fully saturated rings. The van der Waals surface area contributed by atoms with E-state index >= 15 is 0 Å². The highest BCUT2D eigenvalue weighted by Crippen LogP contribution is 2.64. The van der Waals surface area contributed by atoms with Crippen LogP contribution in [0.2, 0.25) is 0 Å². The molecule has 0 heterocycles. The second-order valence-electron chi connectivity index (χ2n) is 13.6. The maximum absolute atomic E-state index is 6.59. The zero-order valence-electron chi connectivity index (χ0n) is 22.2. The molecule has 4 heteroatoms. The Balaban J connectivity index is 1.77. The average Bonchev–Trinajstić information content (AvgIpc) is 2.78. The Morgan fingerprint density at radius 2 is 0.606 bits per heavy atom. The van der Waals surface area contributed by atoms with Crippen LogP contribution in [-0.2, 0) is 0 Å². The molecule has 192 valence electrons. The molecule has 0 bridgehead atoms. The second-order valence-corrected chi connectivity index (χ2v) is 13.6. The Bertz CT molecular complexity index is 528. The van der Waals surface area contributed by atoms with Gasteiger partial charge in [0.15, 0.2) is 0 Å². The second kappa shape index (κ2) is 10.4. The normalized spacial score (nSPS) is 51.6. The Labute approximate surface area is 204 Å². The first-order valence-electron chi connectivity index (χ1n) is 14.7. The van der Waals surface area contributed by atoms with Crippen molar-refractivity contribution in [1.82, 2.24) is 0 Å². The molecule has 0 radical (unpaired) electrons. The monoisotopic (exact) mass is 460 g/mol. The molecule has 12 atom stereocenters. The predicted molar refractivity (Wildman–Crippen MR) is 140 cm³/mol. The third kappa shape index (κ3) is 4.93. The molecule has 0 aromatic rings. The number of rotatable bonds is 4. The summed E-state index contributed by atoms with van der Waals surface area (Å²) >= 11 is 0. The van der Waals surface area contributed by atoms with Crippen molar-refractivity contribution in [3.05, 3.63) is 0 Å². The van der Waals surface area contributed by atoms with Gasteiger partial charge in [0.05, 0.1) is 0 Å². The molecule has 0 spiro atoms. The molecule has 0 aromatic heterocycles. The molecule has 0 aliphatic heterocycles. The summed E-state index contributed by atoms with van der Waals surface area (Å²) in [6, 6.07) is 1.54. The highest BCUT2D eigenvalue weighted by Gasteiger charge is 2.58. The average molecular weight is 461 g/mol. The van der Waals surface area contributed by atoms with Gasteiger partial charge in [0, 0.05) is 24.2 Å². The Kier molecular flexibility index (Phi) is 8.21. The van der Waals surface area contributed by atoms with Crippen LogP contribution in [0, 0.1) is 52.8 Å². The van der Waals surface area contributed by atoms with Crippen molar-refractivity contribution in [3.8, 4) is 0 Å². The largest absolute Gasteiger partial charge is 0.327 e. The third-order valence-electron chi connectivity index (χ3n) is 11.8. The van der Waals surface area contributed by atoms with Crippen molar-refractivity contribution >= 4 is 0 Å². The predicted octanol–water partition coefficient (Wildman–Crippen LogP) is 5.03. The van der Waals surface area contributed by atoms with Gasteiger partial charge in [-0.25, -0.2) is 0 Å². The summed E-state index contributed by atoms with van der Waals surface area (Å²) in [4.78, 5) is 0. The van der Waals surface area contributed by atoms with E-state index in [1.807, 2.05) is 0 Å². The molecule has 0 saturated heterocycles. The number of hydrogen-bond donors (Lipinski definition) is 4. The van der Waals surface area contributed by atoms with E-state index in [0.29, 0.717) is 53.3 Å². The lowest BCUT2D eigenvalue weighted by Gasteiger charge is -2.62. The summed E-state index contributed by atoms with van der Waals surface area (Å²) < 4.78 is 0. The van der Waals surface area contributed by atoms with Gasteiger partial charge in [0.2, 0.25) is 0 Å². The zero-order chi connectivity index (χ0) is 23.9. The van der Waals surface area contributed by atoms with Crippen molar-refractivity contribution in [1.29, 1.82) is 0 Å². The molecule has 12 unspecified atom stereocenters. The Hall–Kier alpha value is -0.160. The van der Waals surface area contributed by atoms with E-state index in [2.05, 4.69) is 27.7 Å². The van der Waals surface area contributed by atoms with Gasteiger partial charge in [0.1, 0.15) is 0 Å². The molecule has 4 aliphatic rings. The molecule has 4 aliphatic carbocycles. The van der Waals surface area contributed by atoms with Crippen LogP contribution >= 0.6 is 0 Å². The quantitative estimate of drug-likeness (QED) is 0.472. The van der Waals surface area contributed by atoms with Crippen molar-refractivity contribution < 1.29 is 0 Å². The van der Waals surface area contributed by atoms with Gasteiger partial charge in [-0.3, -0.25) is 0 Å². The summed E-state index contributed by atoms with van der Waals surface area (Å²) in [6.07, 6.45) is 15.4. The Morgan fingerprint density at radius 1 is 0.394 bits per heavy atom. The summed E-state index contributed by atoms with van der Waals surface area (Å²) in [5.41, 5.74) is 26.8. The summed E-state index contributed by atoms with van der Waals surface area (Å²) in [6.45, 7) is 9.72. The lowest BCUT2D eigenvalue weighted by molar-refractivity contribution is -0.129. The molecule has 4 rings (SSSR count). The van der Waals surface area contributed by atoms with Crippen LogP contribution in [-0.4, -0.2) is 24.2 Å². The fraction of sp³-hybridized carbons (Fsp3) is 1.00. The highest BCUT2D eigenvalue weighted by molar-refractivity contribution is 5.08. The topological polar surface area (TPSA) is 104 Å². The Morgan fingerprint density at radius 3 is 0.788 bits per heavy atom. The van der Waals surface area contributed by atoms with E-state index < -0.39 is 0 Å². The number of hydrogen-bond acceptors (Lipinski definition) is 4. The summed E-state index contributed by atoms with van der Waals surface area (Å²) in [5, 5.41) is 0. The summed E-state index contributed by atoms with van der Waals surface area (Å²) in [5.74, 6) is 5.76. The number of nitrogens with two attached hydrogens (primary N) is 4. The molecular formula is C29H56N4. The highest BCUT2D eigenvalue weighted by atomic mass is 14.7. The SMILES string of the molecule is CC1CC(C(C2CCC(N)C(C)C2)(C2CCC(N)C(C)C2)C2CCC(N)C(C)C2)CCC1N. The van der Waals surface area contributed by atoms with Gasteiger partial charge in [0.25, 0.3) is 0 Å². The first-order valence-corrected chi connectivity index (χ1v) is 14.7. The van der Waals surface area contributed by atoms with Gasteiger partial charge in [-0.1, -0.05) is 27.7 Å². The van der Waals surface area contributed by atoms with Crippen LogP contribution in [0.15, 0.2) is 0 Å². The van der Waals surface area contributed by atoms with Crippen molar-refractivity contribution in [2.75, 3.05) is 0 Å². The zero-order valence-corrected chi connectivity index (χ0v) is 22.2. The fourth-order valence-electron chi connectivity index (χ4n) is 9.49. The van der Waals surface area contributed by atoms with E-state index in [-0.39, 0.29) is 0 Å². The molecule has 4 nitrogen and oxygen atoms in total. The van der Waals surface area contributed by atoms with Crippen LogP contribution in [0.1, 0.15) is 105 Å².